The molecule has 2 amide bonds. The maximum absolute atomic E-state index is 13.3. The smallest absolute Gasteiger partial charge is 0.319 e. The summed E-state index contributed by atoms with van der Waals surface area (Å²) in [4.78, 5) is 11.4. The summed E-state index contributed by atoms with van der Waals surface area (Å²) in [6.45, 7) is 2.59. The van der Waals surface area contributed by atoms with E-state index in [1.807, 2.05) is 6.92 Å². The minimum Gasteiger partial charge on any atom is -0.338 e. The van der Waals surface area contributed by atoms with Gasteiger partial charge in [0.1, 0.15) is 5.82 Å². The Labute approximate surface area is 94.0 Å². The first kappa shape index (κ1) is 12.4. The van der Waals surface area contributed by atoms with Crippen molar-refractivity contribution in [3.8, 4) is 0 Å². The van der Waals surface area contributed by atoms with E-state index in [-0.39, 0.29) is 12.6 Å². The van der Waals surface area contributed by atoms with Gasteiger partial charge in [0, 0.05) is 24.3 Å². The van der Waals surface area contributed by atoms with Crippen LogP contribution >= 0.6 is 0 Å². The quantitative estimate of drug-likeness (QED) is 0.731. The molecule has 0 unspecified atom stereocenters. The highest BCUT2D eigenvalue weighted by atomic mass is 19.1. The summed E-state index contributed by atoms with van der Waals surface area (Å²) in [5.74, 6) is -0.407. The fourth-order valence-electron chi connectivity index (χ4n) is 1.29. The van der Waals surface area contributed by atoms with E-state index >= 15 is 0 Å². The molecule has 1 rings (SSSR count). The molecule has 0 spiro atoms. The largest absolute Gasteiger partial charge is 0.338 e. The van der Waals surface area contributed by atoms with Crippen LogP contribution < -0.4 is 16.4 Å². The maximum Gasteiger partial charge on any atom is 0.319 e. The van der Waals surface area contributed by atoms with Crippen LogP contribution in [0.5, 0.6) is 0 Å². The van der Waals surface area contributed by atoms with E-state index in [1.165, 1.54) is 12.1 Å². The summed E-state index contributed by atoms with van der Waals surface area (Å²) < 4.78 is 13.3. The van der Waals surface area contributed by atoms with Gasteiger partial charge in [-0.05, 0) is 18.6 Å². The Morgan fingerprint density at radius 2 is 2.25 bits per heavy atom. The molecule has 16 heavy (non-hydrogen) atoms. The highest BCUT2D eigenvalue weighted by molar-refractivity contribution is 5.90. The molecular formula is C11H16FN3O. The number of nitrogens with one attached hydrogen (secondary N) is 2. The Hall–Kier alpha value is -1.62. The van der Waals surface area contributed by atoms with Crippen molar-refractivity contribution < 1.29 is 9.18 Å². The molecule has 0 fully saturated rings. The molecular weight excluding hydrogens is 209 g/mol. The third kappa shape index (κ3) is 3.20. The second-order valence-corrected chi connectivity index (χ2v) is 3.35. The Kier molecular flexibility index (Phi) is 4.72. The molecule has 0 aliphatic heterocycles. The van der Waals surface area contributed by atoms with Crippen molar-refractivity contribution in [1.82, 2.24) is 5.32 Å². The fourth-order valence-corrected chi connectivity index (χ4v) is 1.29. The third-order valence-electron chi connectivity index (χ3n) is 2.11. The average Bonchev–Trinajstić information content (AvgIpc) is 2.27. The van der Waals surface area contributed by atoms with Gasteiger partial charge >= 0.3 is 6.03 Å². The first-order valence-electron chi connectivity index (χ1n) is 5.21. The van der Waals surface area contributed by atoms with E-state index in [0.717, 1.165) is 6.42 Å². The lowest BCUT2D eigenvalue weighted by Crippen LogP contribution is -2.29. The number of hydrogen-bond donors (Lipinski definition) is 3. The van der Waals surface area contributed by atoms with Crippen LogP contribution in [0.2, 0.25) is 0 Å². The SMILES string of the molecule is CCCNC(=O)Nc1cccc(F)c1CN. The van der Waals surface area contributed by atoms with Gasteiger partial charge in [-0.15, -0.1) is 0 Å². The van der Waals surface area contributed by atoms with Crippen LogP contribution in [0.3, 0.4) is 0 Å². The molecule has 1 aromatic carbocycles. The van der Waals surface area contributed by atoms with Gasteiger partial charge in [0.25, 0.3) is 0 Å². The molecule has 4 N–H and O–H groups in total. The number of amides is 2. The van der Waals surface area contributed by atoms with Crippen molar-refractivity contribution in [2.45, 2.75) is 19.9 Å². The molecule has 88 valence electrons. The number of carbonyl (C=O) groups excluding carboxylic acids is 1. The summed E-state index contributed by atoms with van der Waals surface area (Å²) in [6, 6.07) is 4.13. The van der Waals surface area contributed by atoms with Crippen LogP contribution in [0.4, 0.5) is 14.9 Å². The van der Waals surface area contributed by atoms with E-state index in [0.29, 0.717) is 17.8 Å². The Bertz CT molecular complexity index is 368. The second-order valence-electron chi connectivity index (χ2n) is 3.35. The topological polar surface area (TPSA) is 67.2 Å². The van der Waals surface area contributed by atoms with E-state index in [1.54, 1.807) is 6.07 Å². The molecule has 0 bridgehead atoms. The highest BCUT2D eigenvalue weighted by Gasteiger charge is 2.08. The van der Waals surface area contributed by atoms with E-state index in [9.17, 15) is 9.18 Å². The van der Waals surface area contributed by atoms with Crippen LogP contribution in [0, 0.1) is 5.82 Å². The average molecular weight is 225 g/mol. The molecule has 0 heterocycles. The van der Waals surface area contributed by atoms with E-state index in [2.05, 4.69) is 10.6 Å². The minimum atomic E-state index is -0.407. The number of hydrogen-bond acceptors (Lipinski definition) is 2. The van der Waals surface area contributed by atoms with Crippen LogP contribution in [0.25, 0.3) is 0 Å². The molecule has 0 aliphatic carbocycles. The molecule has 4 nitrogen and oxygen atoms in total. The van der Waals surface area contributed by atoms with Gasteiger partial charge in [-0.2, -0.15) is 0 Å². The lowest BCUT2D eigenvalue weighted by molar-refractivity contribution is 0.252. The zero-order valence-electron chi connectivity index (χ0n) is 9.22. The van der Waals surface area contributed by atoms with Gasteiger partial charge in [0.2, 0.25) is 0 Å². The maximum atomic E-state index is 13.3. The second kappa shape index (κ2) is 6.07. The van der Waals surface area contributed by atoms with E-state index in [4.69, 9.17) is 5.73 Å². The van der Waals surface area contributed by atoms with Crippen LogP contribution in [-0.4, -0.2) is 12.6 Å². The lowest BCUT2D eigenvalue weighted by atomic mass is 10.1. The lowest BCUT2D eigenvalue weighted by Gasteiger charge is -2.11. The van der Waals surface area contributed by atoms with Crippen LogP contribution in [-0.2, 0) is 6.54 Å². The van der Waals surface area contributed by atoms with Gasteiger partial charge in [0.15, 0.2) is 0 Å². The van der Waals surface area contributed by atoms with Gasteiger partial charge in [-0.3, -0.25) is 0 Å². The van der Waals surface area contributed by atoms with Gasteiger partial charge < -0.3 is 16.4 Å². The number of urea groups is 1. The molecule has 0 saturated carbocycles. The van der Waals surface area contributed by atoms with Gasteiger partial charge in [-0.1, -0.05) is 13.0 Å². The number of carbonyl (C=O) groups is 1. The van der Waals surface area contributed by atoms with E-state index < -0.39 is 5.82 Å². The Morgan fingerprint density at radius 1 is 1.50 bits per heavy atom. The molecule has 0 saturated heterocycles. The number of rotatable bonds is 4. The Morgan fingerprint density at radius 3 is 2.88 bits per heavy atom. The van der Waals surface area contributed by atoms with Crippen LogP contribution in [0.1, 0.15) is 18.9 Å². The summed E-state index contributed by atoms with van der Waals surface area (Å²) in [7, 11) is 0. The molecule has 1 aromatic rings. The van der Waals surface area contributed by atoms with Crippen LogP contribution in [0.15, 0.2) is 18.2 Å². The van der Waals surface area contributed by atoms with Crippen molar-refractivity contribution in [1.29, 1.82) is 0 Å². The third-order valence-corrected chi connectivity index (χ3v) is 2.11. The van der Waals surface area contributed by atoms with Crippen molar-refractivity contribution in [3.63, 3.8) is 0 Å². The van der Waals surface area contributed by atoms with Gasteiger partial charge in [0.05, 0.1) is 0 Å². The minimum absolute atomic E-state index is 0.0517. The summed E-state index contributed by atoms with van der Waals surface area (Å²) in [6.07, 6.45) is 0.848. The van der Waals surface area contributed by atoms with Gasteiger partial charge in [-0.25, -0.2) is 9.18 Å². The zero-order valence-corrected chi connectivity index (χ0v) is 9.22. The predicted octanol–water partition coefficient (Wildman–Crippen LogP) is 1.82. The fraction of sp³-hybridized carbons (Fsp3) is 0.364. The first-order chi connectivity index (χ1) is 7.69. The first-order valence-corrected chi connectivity index (χ1v) is 5.21. The summed E-state index contributed by atoms with van der Waals surface area (Å²) in [5, 5.41) is 5.21. The van der Waals surface area contributed by atoms with Crippen molar-refractivity contribution in [2.24, 2.45) is 5.73 Å². The standard InChI is InChI=1S/C11H16FN3O/c1-2-6-14-11(16)15-10-5-3-4-9(12)8(10)7-13/h3-5H,2,6-7,13H2,1H3,(H2,14,15,16). The predicted molar refractivity (Wildman–Crippen MR) is 61.6 cm³/mol. The summed E-state index contributed by atoms with van der Waals surface area (Å²) in [5.41, 5.74) is 6.14. The van der Waals surface area contributed by atoms with Crippen molar-refractivity contribution >= 4 is 11.7 Å². The number of nitrogens with two attached hydrogens (primary N) is 1. The molecule has 0 aromatic heterocycles. The van der Waals surface area contributed by atoms with Crippen molar-refractivity contribution in [2.75, 3.05) is 11.9 Å². The molecule has 5 heteroatoms. The molecule has 0 atom stereocenters. The van der Waals surface area contributed by atoms with Crippen molar-refractivity contribution in [3.05, 3.63) is 29.6 Å². The normalized spacial score (nSPS) is 9.94. The molecule has 0 radical (unpaired) electrons. The Balaban J connectivity index is 2.73. The molecule has 0 aliphatic rings. The number of halogens is 1. The summed E-state index contributed by atoms with van der Waals surface area (Å²) >= 11 is 0. The monoisotopic (exact) mass is 225 g/mol. The number of benzene rings is 1. The number of anilines is 1. The highest BCUT2D eigenvalue weighted by Crippen LogP contribution is 2.17. The zero-order chi connectivity index (χ0) is 12.0.